The quantitative estimate of drug-likeness (QED) is 0.883. The van der Waals surface area contributed by atoms with E-state index < -0.39 is 0 Å². The van der Waals surface area contributed by atoms with Gasteiger partial charge in [0.05, 0.1) is 31.3 Å². The number of imidazole rings is 1. The second-order valence-electron chi connectivity index (χ2n) is 8.16. The summed E-state index contributed by atoms with van der Waals surface area (Å²) in [6.07, 6.45) is 4.49. The molecular formula is C22H30N4O2. The molecule has 1 amide bonds. The molecule has 4 rings (SSSR count). The Balaban J connectivity index is 1.56. The number of hydrogen-bond donors (Lipinski definition) is 1. The predicted molar refractivity (Wildman–Crippen MR) is 109 cm³/mol. The largest absolute Gasteiger partial charge is 0.373 e. The van der Waals surface area contributed by atoms with Gasteiger partial charge in [-0.3, -0.25) is 4.79 Å². The SMILES string of the molecule is CC(C)c1ccccc1C(C)n1cncc1C(=O)N1CCC2NCCOC2C1. The van der Waals surface area contributed by atoms with Crippen molar-refractivity contribution in [3.05, 3.63) is 53.6 Å². The number of piperidine rings is 1. The van der Waals surface area contributed by atoms with Crippen molar-refractivity contribution in [2.24, 2.45) is 0 Å². The first-order chi connectivity index (χ1) is 13.6. The summed E-state index contributed by atoms with van der Waals surface area (Å²) in [5, 5.41) is 3.50. The highest BCUT2D eigenvalue weighted by Crippen LogP contribution is 2.29. The number of nitrogens with one attached hydrogen (secondary N) is 1. The molecule has 0 bridgehead atoms. The van der Waals surface area contributed by atoms with Crippen molar-refractivity contribution in [3.8, 4) is 0 Å². The van der Waals surface area contributed by atoms with Gasteiger partial charge >= 0.3 is 0 Å². The van der Waals surface area contributed by atoms with Crippen LogP contribution in [0.4, 0.5) is 0 Å². The van der Waals surface area contributed by atoms with Crippen LogP contribution in [0.15, 0.2) is 36.8 Å². The lowest BCUT2D eigenvalue weighted by atomic mass is 9.93. The average Bonchev–Trinajstić information content (AvgIpc) is 3.22. The Kier molecular flexibility index (Phi) is 5.51. The van der Waals surface area contributed by atoms with Gasteiger partial charge in [-0.1, -0.05) is 38.1 Å². The minimum atomic E-state index is 0.0407. The van der Waals surface area contributed by atoms with Crippen LogP contribution < -0.4 is 5.32 Å². The molecule has 0 saturated carbocycles. The van der Waals surface area contributed by atoms with E-state index in [2.05, 4.69) is 55.3 Å². The maximum Gasteiger partial charge on any atom is 0.272 e. The zero-order valence-corrected chi connectivity index (χ0v) is 17.0. The monoisotopic (exact) mass is 382 g/mol. The van der Waals surface area contributed by atoms with E-state index in [4.69, 9.17) is 4.74 Å². The van der Waals surface area contributed by atoms with Crippen molar-refractivity contribution >= 4 is 5.91 Å². The minimum absolute atomic E-state index is 0.0407. The first-order valence-electron chi connectivity index (χ1n) is 10.3. The van der Waals surface area contributed by atoms with E-state index >= 15 is 0 Å². The summed E-state index contributed by atoms with van der Waals surface area (Å²) in [6, 6.07) is 8.88. The van der Waals surface area contributed by atoms with Gasteiger partial charge in [0, 0.05) is 25.7 Å². The molecule has 0 aliphatic carbocycles. The lowest BCUT2D eigenvalue weighted by molar-refractivity contribution is -0.0417. The normalized spacial score (nSPS) is 23.5. The number of aromatic nitrogens is 2. The highest BCUT2D eigenvalue weighted by molar-refractivity contribution is 5.92. The number of carbonyl (C=O) groups is 1. The van der Waals surface area contributed by atoms with Gasteiger partial charge in [-0.2, -0.15) is 0 Å². The summed E-state index contributed by atoms with van der Waals surface area (Å²) in [5.74, 6) is 0.468. The first-order valence-corrected chi connectivity index (χ1v) is 10.3. The summed E-state index contributed by atoms with van der Waals surface area (Å²) in [7, 11) is 0. The number of benzene rings is 1. The average molecular weight is 383 g/mol. The molecule has 6 nitrogen and oxygen atoms in total. The van der Waals surface area contributed by atoms with Crippen LogP contribution in [-0.2, 0) is 4.74 Å². The molecule has 3 unspecified atom stereocenters. The van der Waals surface area contributed by atoms with E-state index in [0.717, 1.165) is 19.5 Å². The summed E-state index contributed by atoms with van der Waals surface area (Å²) in [6.45, 7) is 9.54. The second-order valence-corrected chi connectivity index (χ2v) is 8.16. The van der Waals surface area contributed by atoms with Crippen molar-refractivity contribution in [3.63, 3.8) is 0 Å². The van der Waals surface area contributed by atoms with Crippen LogP contribution in [-0.4, -0.2) is 58.7 Å². The molecule has 1 aromatic carbocycles. The Morgan fingerprint density at radius 2 is 2.04 bits per heavy atom. The van der Waals surface area contributed by atoms with Crippen LogP contribution in [0.3, 0.4) is 0 Å². The number of hydrogen-bond acceptors (Lipinski definition) is 4. The van der Waals surface area contributed by atoms with Crippen LogP contribution in [0.1, 0.15) is 60.8 Å². The third-order valence-corrected chi connectivity index (χ3v) is 6.06. The molecule has 1 aromatic heterocycles. The number of amides is 1. The number of carbonyl (C=O) groups excluding carboxylic acids is 1. The fourth-order valence-corrected chi connectivity index (χ4v) is 4.47. The number of fused-ring (bicyclic) bond motifs is 1. The molecule has 2 fully saturated rings. The number of likely N-dealkylation sites (tertiary alicyclic amines) is 1. The smallest absolute Gasteiger partial charge is 0.272 e. The summed E-state index contributed by atoms with van der Waals surface area (Å²) >= 11 is 0. The molecule has 2 aromatic rings. The lowest BCUT2D eigenvalue weighted by Gasteiger charge is -2.41. The fourth-order valence-electron chi connectivity index (χ4n) is 4.47. The van der Waals surface area contributed by atoms with Gasteiger partial charge in [0.25, 0.3) is 5.91 Å². The molecule has 2 saturated heterocycles. The zero-order chi connectivity index (χ0) is 19.7. The molecule has 1 N–H and O–H groups in total. The maximum atomic E-state index is 13.3. The molecule has 3 heterocycles. The van der Waals surface area contributed by atoms with E-state index in [9.17, 15) is 4.79 Å². The third-order valence-electron chi connectivity index (χ3n) is 6.06. The van der Waals surface area contributed by atoms with Gasteiger partial charge in [-0.25, -0.2) is 4.98 Å². The van der Waals surface area contributed by atoms with Gasteiger partial charge in [-0.15, -0.1) is 0 Å². The number of nitrogens with zero attached hydrogens (tertiary/aromatic N) is 3. The second kappa shape index (κ2) is 8.05. The van der Waals surface area contributed by atoms with Crippen molar-refractivity contribution in [2.45, 2.75) is 51.3 Å². The summed E-state index contributed by atoms with van der Waals surface area (Å²) in [5.41, 5.74) is 3.20. The van der Waals surface area contributed by atoms with Crippen molar-refractivity contribution in [2.75, 3.05) is 26.2 Å². The van der Waals surface area contributed by atoms with Crippen molar-refractivity contribution in [1.29, 1.82) is 0 Å². The van der Waals surface area contributed by atoms with Crippen LogP contribution in [0, 0.1) is 0 Å². The molecule has 0 spiro atoms. The standard InChI is InChI=1S/C22H30N4O2/c1-15(2)17-6-4-5-7-18(17)16(3)26-14-23-12-20(26)22(27)25-10-8-19-21(13-25)28-11-9-24-19/h4-7,12,14-16,19,21,24H,8-11,13H2,1-3H3. The van der Waals surface area contributed by atoms with Crippen molar-refractivity contribution < 1.29 is 9.53 Å². The van der Waals surface area contributed by atoms with E-state index in [1.165, 1.54) is 11.1 Å². The lowest BCUT2D eigenvalue weighted by Crippen LogP contribution is -2.58. The zero-order valence-electron chi connectivity index (χ0n) is 17.0. The first kappa shape index (κ1) is 19.2. The van der Waals surface area contributed by atoms with E-state index in [1.807, 2.05) is 9.47 Å². The predicted octanol–water partition coefficient (Wildman–Crippen LogP) is 2.82. The van der Waals surface area contributed by atoms with Crippen molar-refractivity contribution in [1.82, 2.24) is 19.8 Å². The van der Waals surface area contributed by atoms with Crippen LogP contribution in [0.2, 0.25) is 0 Å². The number of morpholine rings is 1. The fraction of sp³-hybridized carbons (Fsp3) is 0.545. The molecule has 2 aliphatic rings. The van der Waals surface area contributed by atoms with Gasteiger partial charge in [0.1, 0.15) is 5.69 Å². The Labute approximate surface area is 166 Å². The van der Waals surface area contributed by atoms with Crippen LogP contribution in [0.5, 0.6) is 0 Å². The summed E-state index contributed by atoms with van der Waals surface area (Å²) < 4.78 is 7.90. The van der Waals surface area contributed by atoms with E-state index in [1.54, 1.807) is 12.5 Å². The topological polar surface area (TPSA) is 59.4 Å². The molecule has 150 valence electrons. The highest BCUT2D eigenvalue weighted by atomic mass is 16.5. The molecule has 3 atom stereocenters. The van der Waals surface area contributed by atoms with Gasteiger partial charge in [0.15, 0.2) is 0 Å². The van der Waals surface area contributed by atoms with Gasteiger partial charge < -0.3 is 19.5 Å². The Hall–Kier alpha value is -2.18. The molecular weight excluding hydrogens is 352 g/mol. The Morgan fingerprint density at radius 1 is 1.25 bits per heavy atom. The third kappa shape index (κ3) is 3.59. The summed E-state index contributed by atoms with van der Waals surface area (Å²) in [4.78, 5) is 19.5. The molecule has 0 radical (unpaired) electrons. The molecule has 6 heteroatoms. The Morgan fingerprint density at radius 3 is 2.82 bits per heavy atom. The highest BCUT2D eigenvalue weighted by Gasteiger charge is 2.35. The maximum absolute atomic E-state index is 13.3. The van der Waals surface area contributed by atoms with Crippen LogP contribution in [0.25, 0.3) is 0 Å². The van der Waals surface area contributed by atoms with Crippen LogP contribution >= 0.6 is 0 Å². The molecule has 28 heavy (non-hydrogen) atoms. The minimum Gasteiger partial charge on any atom is -0.373 e. The van der Waals surface area contributed by atoms with Gasteiger partial charge in [0.2, 0.25) is 0 Å². The Bertz CT molecular complexity index is 831. The van der Waals surface area contributed by atoms with E-state index in [0.29, 0.717) is 30.8 Å². The van der Waals surface area contributed by atoms with Gasteiger partial charge in [-0.05, 0) is 30.4 Å². The van der Waals surface area contributed by atoms with E-state index in [-0.39, 0.29) is 18.1 Å². The molecule has 2 aliphatic heterocycles. The number of ether oxygens (including phenoxy) is 1. The number of rotatable bonds is 4.